The van der Waals surface area contributed by atoms with Gasteiger partial charge in [-0.3, -0.25) is 10.1 Å². The number of nitriles is 1. The van der Waals surface area contributed by atoms with Gasteiger partial charge in [-0.1, -0.05) is 52.1 Å². The van der Waals surface area contributed by atoms with Crippen LogP contribution in [0.15, 0.2) is 67.0 Å². The van der Waals surface area contributed by atoms with Gasteiger partial charge in [-0.2, -0.15) is 5.26 Å². The molecule has 5 rings (SSSR count). The van der Waals surface area contributed by atoms with E-state index in [4.69, 9.17) is 39.5 Å². The fourth-order valence-electron chi connectivity index (χ4n) is 4.06. The van der Waals surface area contributed by atoms with Crippen molar-refractivity contribution in [3.8, 4) is 11.8 Å². The largest absolute Gasteiger partial charge is 0.492 e. The molecule has 0 radical (unpaired) electrons. The van der Waals surface area contributed by atoms with Crippen LogP contribution in [0.3, 0.4) is 0 Å². The number of pyridine rings is 1. The molecule has 0 aliphatic carbocycles. The van der Waals surface area contributed by atoms with Crippen molar-refractivity contribution >= 4 is 62.8 Å². The Morgan fingerprint density at radius 3 is 2.50 bits per heavy atom. The van der Waals surface area contributed by atoms with E-state index in [2.05, 4.69) is 37.1 Å². The summed E-state index contributed by atoms with van der Waals surface area (Å²) in [5, 5.41) is 29.6. The summed E-state index contributed by atoms with van der Waals surface area (Å²) < 4.78 is 5.53. The zero-order valence-electron chi connectivity index (χ0n) is 20.0. The van der Waals surface area contributed by atoms with Gasteiger partial charge in [-0.15, -0.1) is 5.10 Å². The van der Waals surface area contributed by atoms with Gasteiger partial charge in [0, 0.05) is 34.2 Å². The van der Waals surface area contributed by atoms with E-state index in [-0.39, 0.29) is 6.04 Å². The smallest absolute Gasteiger partial charge is 0.138 e. The summed E-state index contributed by atoms with van der Waals surface area (Å²) in [5.41, 5.74) is 4.41. The third-order valence-electron chi connectivity index (χ3n) is 5.79. The molecule has 0 saturated heterocycles. The standard InChI is InChI=1S/C27H20Cl3N7O/c1-2-38-24-8-7-18(10-21(24)29)34-25-16(12-31)13-32-27-20(25)9-19(11-22(27)30)35-26(23-14-33-37-36-23)15-3-5-17(28)6-4-15/h3-11,13-14,26,35H,2H2,1H3,(H,32,34)(H,33,36,37). The van der Waals surface area contributed by atoms with E-state index in [9.17, 15) is 5.26 Å². The van der Waals surface area contributed by atoms with E-state index >= 15 is 0 Å². The van der Waals surface area contributed by atoms with Crippen molar-refractivity contribution in [2.24, 2.45) is 0 Å². The highest BCUT2D eigenvalue weighted by molar-refractivity contribution is 6.36. The average molecular weight is 565 g/mol. The minimum absolute atomic E-state index is 0.349. The van der Waals surface area contributed by atoms with Crippen molar-refractivity contribution in [3.05, 3.63) is 98.9 Å². The zero-order chi connectivity index (χ0) is 26.6. The van der Waals surface area contributed by atoms with Gasteiger partial charge in [0.2, 0.25) is 0 Å². The number of rotatable bonds is 8. The highest BCUT2D eigenvalue weighted by Crippen LogP contribution is 2.37. The van der Waals surface area contributed by atoms with E-state index in [0.29, 0.717) is 66.6 Å². The number of fused-ring (bicyclic) bond motifs is 1. The molecule has 1 unspecified atom stereocenters. The summed E-state index contributed by atoms with van der Waals surface area (Å²) in [6, 6.07) is 18.3. The summed E-state index contributed by atoms with van der Waals surface area (Å²) in [7, 11) is 0. The van der Waals surface area contributed by atoms with Gasteiger partial charge in [-0.25, -0.2) is 0 Å². The number of anilines is 3. The minimum Gasteiger partial charge on any atom is -0.492 e. The molecule has 3 N–H and O–H groups in total. The summed E-state index contributed by atoms with van der Waals surface area (Å²) in [5.74, 6) is 0.579. The lowest BCUT2D eigenvalue weighted by atomic mass is 10.0. The molecule has 0 aliphatic rings. The van der Waals surface area contributed by atoms with Crippen LogP contribution in [-0.2, 0) is 0 Å². The second-order valence-corrected chi connectivity index (χ2v) is 9.49. The maximum absolute atomic E-state index is 9.85. The van der Waals surface area contributed by atoms with Crippen LogP contribution < -0.4 is 15.4 Å². The molecule has 190 valence electrons. The van der Waals surface area contributed by atoms with Gasteiger partial charge in [0.1, 0.15) is 17.5 Å². The Balaban J connectivity index is 1.58. The van der Waals surface area contributed by atoms with Crippen LogP contribution in [0.4, 0.5) is 17.1 Å². The normalized spacial score (nSPS) is 11.7. The van der Waals surface area contributed by atoms with Gasteiger partial charge >= 0.3 is 0 Å². The number of halogens is 3. The molecule has 0 bridgehead atoms. The lowest BCUT2D eigenvalue weighted by Gasteiger charge is -2.20. The molecule has 8 nitrogen and oxygen atoms in total. The molecule has 0 aliphatic heterocycles. The van der Waals surface area contributed by atoms with Gasteiger partial charge < -0.3 is 15.4 Å². The van der Waals surface area contributed by atoms with Crippen LogP contribution in [0.5, 0.6) is 5.75 Å². The zero-order valence-corrected chi connectivity index (χ0v) is 22.2. The number of nitrogens with zero attached hydrogens (tertiary/aromatic N) is 4. The van der Waals surface area contributed by atoms with Crippen LogP contribution in [0, 0.1) is 11.3 Å². The molecule has 0 fully saturated rings. The predicted octanol–water partition coefficient (Wildman–Crippen LogP) is 7.53. The van der Waals surface area contributed by atoms with Crippen LogP contribution in [0.25, 0.3) is 10.9 Å². The molecular formula is C27H20Cl3N7O. The molecule has 0 amide bonds. The Morgan fingerprint density at radius 1 is 1.03 bits per heavy atom. The third-order valence-corrected chi connectivity index (χ3v) is 6.63. The first-order valence-electron chi connectivity index (χ1n) is 11.6. The summed E-state index contributed by atoms with van der Waals surface area (Å²) in [6.07, 6.45) is 3.21. The van der Waals surface area contributed by atoms with E-state index in [1.165, 1.54) is 6.20 Å². The van der Waals surface area contributed by atoms with Crippen molar-refractivity contribution in [2.75, 3.05) is 17.2 Å². The third kappa shape index (κ3) is 5.31. The number of nitrogens with one attached hydrogen (secondary N) is 3. The predicted molar refractivity (Wildman–Crippen MR) is 151 cm³/mol. The lowest BCUT2D eigenvalue weighted by Crippen LogP contribution is -2.13. The van der Waals surface area contributed by atoms with Crippen molar-refractivity contribution in [1.29, 1.82) is 5.26 Å². The molecule has 2 heterocycles. The topological polar surface area (TPSA) is 112 Å². The van der Waals surface area contributed by atoms with Crippen molar-refractivity contribution in [2.45, 2.75) is 13.0 Å². The maximum atomic E-state index is 9.85. The number of hydrogen-bond acceptors (Lipinski definition) is 7. The molecule has 38 heavy (non-hydrogen) atoms. The number of H-pyrrole nitrogens is 1. The van der Waals surface area contributed by atoms with Crippen LogP contribution in [-0.4, -0.2) is 27.0 Å². The van der Waals surface area contributed by atoms with E-state index in [1.807, 2.05) is 43.3 Å². The Morgan fingerprint density at radius 2 is 1.82 bits per heavy atom. The van der Waals surface area contributed by atoms with Crippen molar-refractivity contribution in [1.82, 2.24) is 20.4 Å². The van der Waals surface area contributed by atoms with Gasteiger partial charge in [0.15, 0.2) is 0 Å². The van der Waals surface area contributed by atoms with E-state index in [0.717, 1.165) is 5.56 Å². The Labute approximate surface area is 233 Å². The highest BCUT2D eigenvalue weighted by atomic mass is 35.5. The summed E-state index contributed by atoms with van der Waals surface area (Å²) >= 11 is 19.2. The first kappa shape index (κ1) is 25.6. The second kappa shape index (κ2) is 11.2. The van der Waals surface area contributed by atoms with Crippen LogP contribution in [0.2, 0.25) is 15.1 Å². The number of benzene rings is 3. The van der Waals surface area contributed by atoms with Gasteiger partial charge in [0.05, 0.1) is 39.5 Å². The molecule has 0 saturated carbocycles. The quantitative estimate of drug-likeness (QED) is 0.179. The Bertz CT molecular complexity index is 1630. The first-order valence-corrected chi connectivity index (χ1v) is 12.7. The van der Waals surface area contributed by atoms with Crippen molar-refractivity contribution < 1.29 is 4.74 Å². The van der Waals surface area contributed by atoms with Crippen LogP contribution in [0.1, 0.15) is 29.8 Å². The second-order valence-electron chi connectivity index (χ2n) is 8.24. The van der Waals surface area contributed by atoms with Crippen molar-refractivity contribution in [3.63, 3.8) is 0 Å². The maximum Gasteiger partial charge on any atom is 0.138 e. The first-order chi connectivity index (χ1) is 18.5. The average Bonchev–Trinajstić information content (AvgIpc) is 3.45. The minimum atomic E-state index is -0.354. The molecular weight excluding hydrogens is 545 g/mol. The summed E-state index contributed by atoms with van der Waals surface area (Å²) in [6.45, 7) is 2.39. The monoisotopic (exact) mass is 563 g/mol. The Kier molecular flexibility index (Phi) is 7.52. The number of aromatic amines is 1. The molecule has 5 aromatic rings. The fourth-order valence-corrected chi connectivity index (χ4v) is 4.69. The van der Waals surface area contributed by atoms with Gasteiger partial charge in [-0.05, 0) is 55.0 Å². The molecule has 3 aromatic carbocycles. The molecule has 11 heteroatoms. The number of ether oxygens (including phenoxy) is 1. The SMILES string of the molecule is CCOc1ccc(Nc2c(C#N)cnc3c(Cl)cc(NC(c4ccc(Cl)cc4)c4c[nH]nn4)cc23)cc1Cl. The lowest BCUT2D eigenvalue weighted by molar-refractivity contribution is 0.340. The fraction of sp³-hybridized carbons (Fsp3) is 0.111. The molecule has 1 atom stereocenters. The van der Waals surface area contributed by atoms with Gasteiger partial charge in [0.25, 0.3) is 0 Å². The van der Waals surface area contributed by atoms with Crippen LogP contribution >= 0.6 is 34.8 Å². The molecule has 2 aromatic heterocycles. The Hall–Kier alpha value is -4.03. The summed E-state index contributed by atoms with van der Waals surface area (Å²) in [4.78, 5) is 4.44. The highest BCUT2D eigenvalue weighted by Gasteiger charge is 2.19. The molecule has 0 spiro atoms. The number of hydrogen-bond donors (Lipinski definition) is 3. The number of aromatic nitrogens is 4. The van der Waals surface area contributed by atoms with E-state index in [1.54, 1.807) is 24.4 Å². The van der Waals surface area contributed by atoms with E-state index < -0.39 is 0 Å².